The van der Waals surface area contributed by atoms with Gasteiger partial charge in [0.05, 0.1) is 6.04 Å². The molecule has 2 heterocycles. The Bertz CT molecular complexity index is 1110. The van der Waals surface area contributed by atoms with Crippen LogP contribution in [0.4, 0.5) is 11.4 Å². The van der Waals surface area contributed by atoms with E-state index in [0.717, 1.165) is 22.7 Å². The number of carbonyl (C=O) groups is 1. The van der Waals surface area contributed by atoms with E-state index >= 15 is 0 Å². The summed E-state index contributed by atoms with van der Waals surface area (Å²) in [6.45, 7) is 1.94. The van der Waals surface area contributed by atoms with E-state index in [0.29, 0.717) is 5.11 Å². The van der Waals surface area contributed by atoms with Gasteiger partial charge in [0.15, 0.2) is 10.8 Å². The second-order valence-corrected chi connectivity index (χ2v) is 8.01. The number of ether oxygens (including phenoxy) is 1. The minimum atomic E-state index is -0.998. The molecule has 0 aromatic heterocycles. The molecule has 1 saturated heterocycles. The first-order valence-corrected chi connectivity index (χ1v) is 10.3. The Kier molecular flexibility index (Phi) is 4.44. The third-order valence-electron chi connectivity index (χ3n) is 5.75. The average molecular weight is 416 g/mol. The SMILES string of the molecule is C[C@]12Oc3ccccc3[C@H](NC(=S)N1c1ccccc1)[C@@H]2C(=O)Nc1ccccc1. The van der Waals surface area contributed by atoms with E-state index in [1.807, 2.05) is 96.8 Å². The lowest BCUT2D eigenvalue weighted by Crippen LogP contribution is -2.72. The van der Waals surface area contributed by atoms with E-state index in [-0.39, 0.29) is 11.9 Å². The van der Waals surface area contributed by atoms with Crippen molar-refractivity contribution in [1.82, 2.24) is 5.32 Å². The molecule has 3 aromatic carbocycles. The normalized spacial score (nSPS) is 24.3. The van der Waals surface area contributed by atoms with Crippen LogP contribution in [-0.4, -0.2) is 16.7 Å². The van der Waals surface area contributed by atoms with Gasteiger partial charge < -0.3 is 15.4 Å². The van der Waals surface area contributed by atoms with E-state index in [2.05, 4.69) is 10.6 Å². The molecule has 5 nitrogen and oxygen atoms in total. The predicted molar refractivity (Wildman–Crippen MR) is 121 cm³/mol. The summed E-state index contributed by atoms with van der Waals surface area (Å²) in [5.41, 5.74) is 1.55. The largest absolute Gasteiger partial charge is 0.467 e. The molecule has 0 aliphatic carbocycles. The number of para-hydroxylation sites is 3. The number of nitrogens with one attached hydrogen (secondary N) is 2. The molecule has 1 fully saturated rings. The summed E-state index contributed by atoms with van der Waals surface area (Å²) >= 11 is 5.74. The van der Waals surface area contributed by atoms with Gasteiger partial charge in [-0.25, -0.2) is 0 Å². The van der Waals surface area contributed by atoms with Crippen LogP contribution in [0.3, 0.4) is 0 Å². The number of hydrogen-bond acceptors (Lipinski definition) is 3. The molecule has 2 N–H and O–H groups in total. The highest BCUT2D eigenvalue weighted by Gasteiger charge is 2.59. The second kappa shape index (κ2) is 7.15. The molecular formula is C24H21N3O2S. The summed E-state index contributed by atoms with van der Waals surface area (Å²) in [4.78, 5) is 15.5. The number of thiocarbonyl (C=S) groups is 1. The van der Waals surface area contributed by atoms with E-state index in [9.17, 15) is 4.79 Å². The summed E-state index contributed by atoms with van der Waals surface area (Å²) in [7, 11) is 0. The van der Waals surface area contributed by atoms with E-state index < -0.39 is 11.6 Å². The highest BCUT2D eigenvalue weighted by Crippen LogP contribution is 2.49. The molecule has 3 atom stereocenters. The first-order valence-electron chi connectivity index (χ1n) is 9.87. The van der Waals surface area contributed by atoms with Crippen molar-refractivity contribution in [3.63, 3.8) is 0 Å². The number of rotatable bonds is 3. The van der Waals surface area contributed by atoms with Crippen molar-refractivity contribution in [2.24, 2.45) is 5.92 Å². The molecular weight excluding hydrogens is 394 g/mol. The van der Waals surface area contributed by atoms with Crippen LogP contribution in [0.25, 0.3) is 0 Å². The first kappa shape index (κ1) is 18.6. The Hall–Kier alpha value is -3.38. The second-order valence-electron chi connectivity index (χ2n) is 7.63. The van der Waals surface area contributed by atoms with Gasteiger partial charge in [-0.15, -0.1) is 0 Å². The lowest BCUT2D eigenvalue weighted by atomic mass is 9.78. The van der Waals surface area contributed by atoms with Gasteiger partial charge in [-0.05, 0) is 49.5 Å². The molecule has 150 valence electrons. The van der Waals surface area contributed by atoms with Gasteiger partial charge in [0.1, 0.15) is 11.7 Å². The van der Waals surface area contributed by atoms with E-state index in [1.54, 1.807) is 0 Å². The molecule has 2 bridgehead atoms. The molecule has 0 saturated carbocycles. The van der Waals surface area contributed by atoms with E-state index in [4.69, 9.17) is 17.0 Å². The van der Waals surface area contributed by atoms with Gasteiger partial charge in [-0.3, -0.25) is 9.69 Å². The lowest BCUT2D eigenvalue weighted by molar-refractivity contribution is -0.130. The maximum Gasteiger partial charge on any atom is 0.236 e. The fourth-order valence-electron chi connectivity index (χ4n) is 4.44. The quantitative estimate of drug-likeness (QED) is 0.618. The summed E-state index contributed by atoms with van der Waals surface area (Å²) in [5, 5.41) is 7.00. The number of anilines is 2. The number of fused-ring (bicyclic) bond motifs is 4. The highest BCUT2D eigenvalue weighted by molar-refractivity contribution is 7.80. The number of carbonyl (C=O) groups excluding carboxylic acids is 1. The Morgan fingerprint density at radius 1 is 1.00 bits per heavy atom. The van der Waals surface area contributed by atoms with Crippen LogP contribution in [0, 0.1) is 5.92 Å². The smallest absolute Gasteiger partial charge is 0.236 e. The van der Waals surface area contributed by atoms with Gasteiger partial charge in [0.25, 0.3) is 0 Å². The molecule has 2 aliphatic rings. The number of hydrogen-bond donors (Lipinski definition) is 2. The van der Waals surface area contributed by atoms with Gasteiger partial charge >= 0.3 is 0 Å². The molecule has 1 amide bonds. The topological polar surface area (TPSA) is 53.6 Å². The van der Waals surface area contributed by atoms with Crippen molar-refractivity contribution in [1.29, 1.82) is 0 Å². The molecule has 5 rings (SSSR count). The fourth-order valence-corrected chi connectivity index (χ4v) is 4.85. The van der Waals surface area contributed by atoms with Gasteiger partial charge in [-0.1, -0.05) is 54.6 Å². The van der Waals surface area contributed by atoms with Gasteiger partial charge in [0, 0.05) is 16.9 Å². The van der Waals surface area contributed by atoms with Crippen molar-refractivity contribution in [2.45, 2.75) is 18.7 Å². The number of amides is 1. The number of nitrogens with zero attached hydrogens (tertiary/aromatic N) is 1. The van der Waals surface area contributed by atoms with Crippen LogP contribution in [0.1, 0.15) is 18.5 Å². The monoisotopic (exact) mass is 415 g/mol. The van der Waals surface area contributed by atoms with E-state index in [1.165, 1.54) is 0 Å². The minimum absolute atomic E-state index is 0.126. The average Bonchev–Trinajstić information content (AvgIpc) is 2.74. The van der Waals surface area contributed by atoms with Crippen molar-refractivity contribution in [3.05, 3.63) is 90.5 Å². The van der Waals surface area contributed by atoms with Gasteiger partial charge in [0.2, 0.25) is 5.91 Å². The highest BCUT2D eigenvalue weighted by atomic mass is 32.1. The van der Waals surface area contributed by atoms with Crippen LogP contribution in [-0.2, 0) is 4.79 Å². The van der Waals surface area contributed by atoms with Crippen LogP contribution >= 0.6 is 12.2 Å². The standard InChI is InChI=1S/C24H21N3O2S/c1-24-20(22(28)25-16-10-4-2-5-11-16)21(18-14-8-9-15-19(18)29-24)26-23(30)27(24)17-12-6-3-7-13-17/h2-15,20-21H,1H3,(H,25,28)(H,26,30)/t20-,21+,24-/m1/s1. The van der Waals surface area contributed by atoms with Crippen molar-refractivity contribution in [2.75, 3.05) is 10.2 Å². The minimum Gasteiger partial charge on any atom is -0.467 e. The van der Waals surface area contributed by atoms with Gasteiger partial charge in [-0.2, -0.15) is 0 Å². The molecule has 2 aliphatic heterocycles. The fraction of sp³-hybridized carbons (Fsp3) is 0.167. The molecule has 3 aromatic rings. The summed E-state index contributed by atoms with van der Waals surface area (Å²) < 4.78 is 6.54. The lowest BCUT2D eigenvalue weighted by Gasteiger charge is -2.56. The summed E-state index contributed by atoms with van der Waals surface area (Å²) in [5.74, 6) is 0.0864. The third-order valence-corrected chi connectivity index (χ3v) is 6.05. The Morgan fingerprint density at radius 3 is 2.37 bits per heavy atom. The molecule has 6 heteroatoms. The van der Waals surface area contributed by atoms with Crippen LogP contribution in [0.5, 0.6) is 5.75 Å². The van der Waals surface area contributed by atoms with Crippen molar-refractivity contribution >= 4 is 34.6 Å². The van der Waals surface area contributed by atoms with Crippen LogP contribution < -0.4 is 20.3 Å². The molecule has 0 spiro atoms. The van der Waals surface area contributed by atoms with Crippen molar-refractivity contribution in [3.8, 4) is 5.75 Å². The zero-order chi connectivity index (χ0) is 20.7. The molecule has 30 heavy (non-hydrogen) atoms. The maximum atomic E-state index is 13.6. The molecule has 0 unspecified atom stereocenters. The predicted octanol–water partition coefficient (Wildman–Crippen LogP) is 4.49. The third kappa shape index (κ3) is 2.92. The van der Waals surface area contributed by atoms with Crippen molar-refractivity contribution < 1.29 is 9.53 Å². The number of benzene rings is 3. The maximum absolute atomic E-state index is 13.6. The summed E-state index contributed by atoms with van der Waals surface area (Å²) in [6, 6.07) is 26.8. The Morgan fingerprint density at radius 2 is 1.63 bits per heavy atom. The zero-order valence-corrected chi connectivity index (χ0v) is 17.2. The van der Waals surface area contributed by atoms with Crippen LogP contribution in [0.15, 0.2) is 84.9 Å². The molecule has 0 radical (unpaired) electrons. The Balaban J connectivity index is 1.63. The summed E-state index contributed by atoms with van der Waals surface area (Å²) in [6.07, 6.45) is 0. The zero-order valence-electron chi connectivity index (χ0n) is 16.4. The Labute approximate surface area is 180 Å². The van der Waals surface area contributed by atoms with Crippen LogP contribution in [0.2, 0.25) is 0 Å². The first-order chi connectivity index (χ1) is 14.6.